The van der Waals surface area contributed by atoms with Gasteiger partial charge in [-0.3, -0.25) is 4.79 Å². The molecule has 1 aliphatic heterocycles. The molecule has 0 aliphatic carbocycles. The summed E-state index contributed by atoms with van der Waals surface area (Å²) in [6, 6.07) is 16.9. The molecule has 234 valence electrons. The topological polar surface area (TPSA) is 126 Å². The first kappa shape index (κ1) is 30.5. The zero-order valence-corrected chi connectivity index (χ0v) is 26.6. The van der Waals surface area contributed by atoms with E-state index in [0.717, 1.165) is 38.9 Å². The fraction of sp³-hybridized carbons (Fsp3) is 0.333. The van der Waals surface area contributed by atoms with Crippen LogP contribution in [0.1, 0.15) is 40.2 Å². The van der Waals surface area contributed by atoms with E-state index in [1.807, 2.05) is 86.1 Å². The summed E-state index contributed by atoms with van der Waals surface area (Å²) in [5.74, 6) is -2.21. The van der Waals surface area contributed by atoms with Gasteiger partial charge < -0.3 is 14.6 Å². The Hall–Kier alpha value is -4.55. The minimum Gasteiger partial charge on any atom is -0.481 e. The highest BCUT2D eigenvalue weighted by molar-refractivity contribution is 7.89. The molecule has 2 atom stereocenters. The summed E-state index contributed by atoms with van der Waals surface area (Å²) in [6.45, 7) is 5.45. The Kier molecular flexibility index (Phi) is 8.19. The number of para-hydroxylation sites is 1. The minimum atomic E-state index is -3.77. The van der Waals surface area contributed by atoms with Crippen molar-refractivity contribution in [3.8, 4) is 0 Å². The molecule has 0 bridgehead atoms. The molecule has 0 saturated heterocycles. The normalized spacial score (nSPS) is 16.3. The molecule has 1 N–H and O–H groups in total. The van der Waals surface area contributed by atoms with Gasteiger partial charge in [0.05, 0.1) is 23.4 Å². The minimum absolute atomic E-state index is 0.172. The van der Waals surface area contributed by atoms with Crippen molar-refractivity contribution in [2.45, 2.75) is 44.2 Å². The van der Waals surface area contributed by atoms with Crippen LogP contribution in [0.2, 0.25) is 0 Å². The third-order valence-corrected chi connectivity index (χ3v) is 10.9. The Morgan fingerprint density at radius 1 is 1.04 bits per heavy atom. The number of aromatic nitrogens is 5. The second-order valence-electron chi connectivity index (χ2n) is 11.8. The van der Waals surface area contributed by atoms with E-state index in [1.165, 1.54) is 4.31 Å². The number of imidazole rings is 1. The second kappa shape index (κ2) is 12.1. The van der Waals surface area contributed by atoms with E-state index in [1.54, 1.807) is 29.3 Å². The van der Waals surface area contributed by atoms with Gasteiger partial charge in [-0.25, -0.2) is 18.1 Å². The number of fused-ring (bicyclic) bond motifs is 2. The fourth-order valence-corrected chi connectivity index (χ4v) is 8.04. The van der Waals surface area contributed by atoms with Crippen LogP contribution in [-0.4, -0.2) is 68.5 Å². The third-order valence-electron chi connectivity index (χ3n) is 9.05. The van der Waals surface area contributed by atoms with Crippen molar-refractivity contribution in [1.29, 1.82) is 0 Å². The molecule has 0 saturated carbocycles. The van der Waals surface area contributed by atoms with Gasteiger partial charge in [-0.05, 0) is 66.3 Å². The van der Waals surface area contributed by atoms with Crippen LogP contribution in [0, 0.1) is 19.8 Å². The van der Waals surface area contributed by atoms with Crippen molar-refractivity contribution >= 4 is 32.7 Å². The van der Waals surface area contributed by atoms with Gasteiger partial charge in [0.15, 0.2) is 0 Å². The zero-order chi connectivity index (χ0) is 31.9. The summed E-state index contributed by atoms with van der Waals surface area (Å²) >= 11 is 0. The molecule has 11 nitrogen and oxygen atoms in total. The van der Waals surface area contributed by atoms with E-state index >= 15 is 0 Å². The molecule has 3 heterocycles. The van der Waals surface area contributed by atoms with E-state index in [9.17, 15) is 18.3 Å². The average molecular weight is 628 g/mol. The molecule has 1 aliphatic rings. The van der Waals surface area contributed by atoms with Crippen LogP contribution >= 0.6 is 0 Å². The highest BCUT2D eigenvalue weighted by Gasteiger charge is 2.35. The zero-order valence-electron chi connectivity index (χ0n) is 25.8. The van der Waals surface area contributed by atoms with Crippen LogP contribution in [-0.2, 0) is 35.0 Å². The number of aliphatic carboxylic acids is 1. The van der Waals surface area contributed by atoms with Crippen LogP contribution in [0.15, 0.2) is 78.2 Å². The van der Waals surface area contributed by atoms with Crippen LogP contribution in [0.4, 0.5) is 5.69 Å². The fourth-order valence-electron chi connectivity index (χ4n) is 6.40. The second-order valence-corrected chi connectivity index (χ2v) is 13.7. The van der Waals surface area contributed by atoms with Gasteiger partial charge in [-0.2, -0.15) is 4.31 Å². The summed E-state index contributed by atoms with van der Waals surface area (Å²) in [5, 5.41) is 19.2. The molecule has 2 unspecified atom stereocenters. The number of anilines is 1. The molecular weight excluding hydrogens is 590 g/mol. The predicted molar refractivity (Wildman–Crippen MR) is 172 cm³/mol. The number of benzene rings is 3. The number of likely N-dealkylation sites (N-methyl/N-ethyl adjacent to an activating group) is 1. The lowest BCUT2D eigenvalue weighted by Crippen LogP contribution is -2.33. The molecule has 12 heteroatoms. The van der Waals surface area contributed by atoms with E-state index < -0.39 is 27.8 Å². The standard InChI is InChI=1S/C33H37N7O4S/c1-22-9-10-24(19-25(22)20-40-18-17-37(3)28-7-5-6-8-30(28)45(40,43)44)31(27(33(41)42)13-15-39-16-14-34-21-39)26-11-12-29-32(23(26)2)35-36-38(29)4/h5-12,14,16,19,21,27,31H,13,15,17-18,20H2,1-4H3,(H,41,42). The van der Waals surface area contributed by atoms with Crippen molar-refractivity contribution in [3.63, 3.8) is 0 Å². The van der Waals surface area contributed by atoms with Gasteiger partial charge >= 0.3 is 5.97 Å². The maximum atomic E-state index is 13.9. The molecule has 0 fully saturated rings. The first-order valence-electron chi connectivity index (χ1n) is 14.9. The van der Waals surface area contributed by atoms with Crippen molar-refractivity contribution in [1.82, 2.24) is 28.9 Å². The smallest absolute Gasteiger partial charge is 0.307 e. The van der Waals surface area contributed by atoms with E-state index in [0.29, 0.717) is 31.7 Å². The summed E-state index contributed by atoms with van der Waals surface area (Å²) in [4.78, 5) is 19.4. The number of hydrogen-bond acceptors (Lipinski definition) is 7. The van der Waals surface area contributed by atoms with Crippen LogP contribution in [0.3, 0.4) is 0 Å². The van der Waals surface area contributed by atoms with Gasteiger partial charge in [0.1, 0.15) is 10.4 Å². The number of aryl methyl sites for hydroxylation is 4. The van der Waals surface area contributed by atoms with E-state index in [-0.39, 0.29) is 11.4 Å². The maximum Gasteiger partial charge on any atom is 0.307 e. The van der Waals surface area contributed by atoms with Gasteiger partial charge in [0.25, 0.3) is 0 Å². The van der Waals surface area contributed by atoms with Gasteiger partial charge in [0.2, 0.25) is 10.0 Å². The SMILES string of the molecule is Cc1ccc(C(c2ccc3c(nnn3C)c2C)C(CCn2ccnc2)C(=O)O)cc1CN1CCN(C)c2ccccc2S1(=O)=O. The number of sulfonamides is 1. The van der Waals surface area contributed by atoms with E-state index in [2.05, 4.69) is 15.3 Å². The first-order valence-corrected chi connectivity index (χ1v) is 16.4. The molecule has 0 radical (unpaired) electrons. The van der Waals surface area contributed by atoms with Gasteiger partial charge in [-0.1, -0.05) is 41.6 Å². The maximum absolute atomic E-state index is 13.9. The van der Waals surface area contributed by atoms with Gasteiger partial charge in [-0.15, -0.1) is 5.10 Å². The Morgan fingerprint density at radius 3 is 2.60 bits per heavy atom. The van der Waals surface area contributed by atoms with Crippen LogP contribution in [0.5, 0.6) is 0 Å². The molecule has 0 amide bonds. The Morgan fingerprint density at radius 2 is 1.84 bits per heavy atom. The summed E-state index contributed by atoms with van der Waals surface area (Å²) in [5.41, 5.74) is 6.58. The summed E-state index contributed by atoms with van der Waals surface area (Å²) in [6.07, 6.45) is 5.55. The number of carboxylic acid groups (broad SMARTS) is 1. The third kappa shape index (κ3) is 5.71. The number of hydrogen-bond donors (Lipinski definition) is 1. The lowest BCUT2D eigenvalue weighted by Gasteiger charge is -2.28. The molecular formula is C33H37N7O4S. The quantitative estimate of drug-likeness (QED) is 0.256. The molecule has 6 rings (SSSR count). The largest absolute Gasteiger partial charge is 0.481 e. The van der Waals surface area contributed by atoms with Crippen molar-refractivity contribution < 1.29 is 18.3 Å². The van der Waals surface area contributed by atoms with Gasteiger partial charge in [0, 0.05) is 58.6 Å². The average Bonchev–Trinajstić information content (AvgIpc) is 3.67. The first-order chi connectivity index (χ1) is 21.6. The Bertz CT molecular complexity index is 1970. The van der Waals surface area contributed by atoms with E-state index in [4.69, 9.17) is 0 Å². The lowest BCUT2D eigenvalue weighted by molar-refractivity contribution is -0.142. The van der Waals surface area contributed by atoms with Crippen molar-refractivity contribution in [3.05, 3.63) is 101 Å². The summed E-state index contributed by atoms with van der Waals surface area (Å²) < 4.78 is 32.9. The van der Waals surface area contributed by atoms with Crippen molar-refractivity contribution in [2.24, 2.45) is 13.0 Å². The monoisotopic (exact) mass is 627 g/mol. The number of carbonyl (C=O) groups is 1. The highest BCUT2D eigenvalue weighted by Crippen LogP contribution is 2.39. The molecule has 5 aromatic rings. The number of nitrogens with zero attached hydrogens (tertiary/aromatic N) is 7. The number of rotatable bonds is 9. The Labute approximate surface area is 262 Å². The highest BCUT2D eigenvalue weighted by atomic mass is 32.2. The van der Waals surface area contributed by atoms with Crippen LogP contribution < -0.4 is 4.90 Å². The lowest BCUT2D eigenvalue weighted by atomic mass is 9.76. The predicted octanol–water partition coefficient (Wildman–Crippen LogP) is 4.35. The molecule has 45 heavy (non-hydrogen) atoms. The Balaban J connectivity index is 1.43. The van der Waals surface area contributed by atoms with Crippen LogP contribution in [0.25, 0.3) is 11.0 Å². The molecule has 3 aromatic carbocycles. The molecule has 0 spiro atoms. The van der Waals surface area contributed by atoms with Crippen molar-refractivity contribution in [2.75, 3.05) is 25.0 Å². The number of carboxylic acids is 1. The molecule has 2 aromatic heterocycles. The summed E-state index contributed by atoms with van der Waals surface area (Å²) in [7, 11) is -0.0403.